The van der Waals surface area contributed by atoms with E-state index in [0.29, 0.717) is 11.4 Å². The van der Waals surface area contributed by atoms with Crippen molar-refractivity contribution < 1.29 is 28.7 Å². The third-order valence-corrected chi connectivity index (χ3v) is 7.39. The minimum atomic E-state index is -1.37. The normalized spacial score (nSPS) is 22.2. The van der Waals surface area contributed by atoms with E-state index in [9.17, 15) is 19.2 Å². The number of ether oxygens (including phenoxy) is 2. The molecule has 3 atom stereocenters. The predicted molar refractivity (Wildman–Crippen MR) is 137 cm³/mol. The highest BCUT2D eigenvalue weighted by Crippen LogP contribution is 2.53. The van der Waals surface area contributed by atoms with Crippen LogP contribution in [0.25, 0.3) is 0 Å². The average molecular weight is 508 g/mol. The molecule has 9 nitrogen and oxygen atoms in total. The number of esters is 1. The van der Waals surface area contributed by atoms with Crippen molar-refractivity contribution in [1.82, 2.24) is 9.80 Å². The summed E-state index contributed by atoms with van der Waals surface area (Å²) in [7, 11) is 4.83. The van der Waals surface area contributed by atoms with Gasteiger partial charge in [-0.15, -0.1) is 0 Å². The van der Waals surface area contributed by atoms with Gasteiger partial charge in [-0.2, -0.15) is 0 Å². The van der Waals surface area contributed by atoms with Crippen molar-refractivity contribution in [2.75, 3.05) is 45.8 Å². The van der Waals surface area contributed by atoms with E-state index in [4.69, 9.17) is 9.47 Å². The number of hydrogen-bond donors (Lipinski definition) is 0. The number of rotatable bonds is 7. The van der Waals surface area contributed by atoms with Crippen molar-refractivity contribution in [3.63, 3.8) is 0 Å². The largest absolute Gasteiger partial charge is 0.497 e. The molecule has 0 aromatic heterocycles. The fourth-order valence-electron chi connectivity index (χ4n) is 5.47. The predicted octanol–water partition coefficient (Wildman–Crippen LogP) is 2.24. The topological polar surface area (TPSA) is 96.5 Å². The van der Waals surface area contributed by atoms with Gasteiger partial charge in [-0.1, -0.05) is 30.3 Å². The van der Waals surface area contributed by atoms with E-state index in [2.05, 4.69) is 0 Å². The van der Waals surface area contributed by atoms with Crippen LogP contribution in [0.2, 0.25) is 0 Å². The van der Waals surface area contributed by atoms with E-state index in [1.165, 1.54) is 14.7 Å². The number of carbonyl (C=O) groups excluding carboxylic acids is 4. The van der Waals surface area contributed by atoms with Gasteiger partial charge >= 0.3 is 5.97 Å². The molecule has 0 radical (unpaired) electrons. The molecule has 3 amide bonds. The first-order valence-electron chi connectivity index (χ1n) is 12.3. The molecule has 1 fully saturated rings. The fraction of sp³-hybridized carbons (Fsp3) is 0.429. The molecular weight excluding hydrogens is 474 g/mol. The first kappa shape index (κ1) is 26.2. The summed E-state index contributed by atoms with van der Waals surface area (Å²) in [6.45, 7) is 3.50. The van der Waals surface area contributed by atoms with Crippen molar-refractivity contribution in [2.45, 2.75) is 31.7 Å². The number of methoxy groups -OCH3 is 1. The minimum absolute atomic E-state index is 0.0462. The van der Waals surface area contributed by atoms with Gasteiger partial charge < -0.3 is 24.2 Å². The summed E-state index contributed by atoms with van der Waals surface area (Å²) in [4.78, 5) is 58.2. The highest BCUT2D eigenvalue weighted by molar-refractivity contribution is 6.09. The Morgan fingerprint density at radius 3 is 2.38 bits per heavy atom. The number of carbonyl (C=O) groups is 4. The number of anilines is 1. The Bertz CT molecular complexity index is 1210. The second-order valence-corrected chi connectivity index (χ2v) is 9.75. The zero-order valence-corrected chi connectivity index (χ0v) is 21.9. The molecule has 0 N–H and O–H groups in total. The molecule has 196 valence electrons. The van der Waals surface area contributed by atoms with Crippen molar-refractivity contribution in [3.05, 3.63) is 59.7 Å². The smallest absolute Gasteiger partial charge is 0.311 e. The average Bonchev–Trinajstić information content (AvgIpc) is 3.21. The summed E-state index contributed by atoms with van der Waals surface area (Å²) >= 11 is 0. The molecule has 0 bridgehead atoms. The van der Waals surface area contributed by atoms with Gasteiger partial charge in [-0.3, -0.25) is 19.2 Å². The summed E-state index contributed by atoms with van der Waals surface area (Å²) in [5.74, 6) is -2.02. The summed E-state index contributed by atoms with van der Waals surface area (Å²) in [5, 5.41) is 0. The quantitative estimate of drug-likeness (QED) is 0.534. The molecule has 1 saturated heterocycles. The number of benzene rings is 2. The Morgan fingerprint density at radius 2 is 1.76 bits per heavy atom. The number of para-hydroxylation sites is 1. The van der Waals surface area contributed by atoms with Gasteiger partial charge in [-0.05, 0) is 43.2 Å². The molecule has 2 heterocycles. The zero-order chi connectivity index (χ0) is 26.9. The summed E-state index contributed by atoms with van der Waals surface area (Å²) < 4.78 is 10.6. The van der Waals surface area contributed by atoms with Gasteiger partial charge in [0.1, 0.15) is 17.8 Å². The second kappa shape index (κ2) is 10.2. The molecule has 4 rings (SSSR count). The molecule has 9 heteroatoms. The van der Waals surface area contributed by atoms with E-state index >= 15 is 0 Å². The summed E-state index contributed by atoms with van der Waals surface area (Å²) in [5.41, 5.74) is 0.703. The lowest BCUT2D eigenvalue weighted by Gasteiger charge is -2.46. The molecule has 2 aromatic rings. The summed E-state index contributed by atoms with van der Waals surface area (Å²) in [6, 6.07) is 14.4. The standard InChI is InChI=1S/C28H33N3O6/c1-6-37-26(34)21-16-31(23(32)15-18-11-13-19(36-5)14-12-18)28(2)25(21)20-9-7-8-10-22(20)30(27(28)35)17-24(33)29(3)4/h7-14,21,25H,6,15-17H2,1-5H3/t21-,25+,28-/m0/s1. The lowest BCUT2D eigenvalue weighted by molar-refractivity contribution is -0.148. The van der Waals surface area contributed by atoms with Crippen LogP contribution in [0, 0.1) is 5.92 Å². The van der Waals surface area contributed by atoms with Crippen molar-refractivity contribution in [2.24, 2.45) is 5.92 Å². The molecule has 0 spiro atoms. The first-order chi connectivity index (χ1) is 17.6. The Labute approximate surface area is 216 Å². The monoisotopic (exact) mass is 507 g/mol. The number of nitrogens with zero attached hydrogens (tertiary/aromatic N) is 3. The van der Waals surface area contributed by atoms with Crippen molar-refractivity contribution >= 4 is 29.4 Å². The van der Waals surface area contributed by atoms with Crippen LogP contribution in [0.5, 0.6) is 5.75 Å². The summed E-state index contributed by atoms with van der Waals surface area (Å²) in [6.07, 6.45) is 0.0490. The molecule has 0 unspecified atom stereocenters. The van der Waals surface area contributed by atoms with Crippen LogP contribution < -0.4 is 9.64 Å². The molecule has 2 aliphatic rings. The Hall–Kier alpha value is -3.88. The second-order valence-electron chi connectivity index (χ2n) is 9.75. The molecular formula is C28H33N3O6. The molecule has 2 aliphatic heterocycles. The Kier molecular flexibility index (Phi) is 7.25. The van der Waals surface area contributed by atoms with Gasteiger partial charge in [0.2, 0.25) is 11.8 Å². The Balaban J connectivity index is 1.79. The van der Waals surface area contributed by atoms with Crippen LogP contribution in [0.3, 0.4) is 0 Å². The number of likely N-dealkylation sites (N-methyl/N-ethyl adjacent to an activating group) is 1. The third-order valence-electron chi connectivity index (χ3n) is 7.39. The van der Waals surface area contributed by atoms with Gasteiger partial charge in [0.25, 0.3) is 5.91 Å². The van der Waals surface area contributed by atoms with Gasteiger partial charge in [0.15, 0.2) is 0 Å². The highest BCUT2D eigenvalue weighted by atomic mass is 16.5. The van der Waals surface area contributed by atoms with Gasteiger partial charge in [-0.25, -0.2) is 0 Å². The van der Waals surface area contributed by atoms with Crippen molar-refractivity contribution in [3.8, 4) is 5.75 Å². The molecule has 2 aromatic carbocycles. The number of amides is 3. The minimum Gasteiger partial charge on any atom is -0.497 e. The van der Waals surface area contributed by atoms with Crippen LogP contribution in [-0.4, -0.2) is 79.9 Å². The Morgan fingerprint density at radius 1 is 1.08 bits per heavy atom. The van der Waals surface area contributed by atoms with E-state index in [1.807, 2.05) is 12.1 Å². The number of hydrogen-bond acceptors (Lipinski definition) is 6. The van der Waals surface area contributed by atoms with Gasteiger partial charge in [0.05, 0.1) is 26.1 Å². The first-order valence-corrected chi connectivity index (χ1v) is 12.3. The maximum atomic E-state index is 14.2. The van der Waals surface area contributed by atoms with E-state index in [-0.39, 0.29) is 43.8 Å². The SMILES string of the molecule is CCOC(=O)[C@H]1CN(C(=O)Cc2ccc(OC)cc2)[C@]2(C)C(=O)N(CC(=O)N(C)C)c3ccccc3[C@H]12. The number of fused-ring (bicyclic) bond motifs is 3. The van der Waals surface area contributed by atoms with Crippen LogP contribution in [0.4, 0.5) is 5.69 Å². The number of likely N-dealkylation sites (tertiary alicyclic amines) is 1. The highest BCUT2D eigenvalue weighted by Gasteiger charge is 2.63. The molecule has 0 aliphatic carbocycles. The van der Waals surface area contributed by atoms with E-state index in [1.54, 1.807) is 71.5 Å². The molecule has 37 heavy (non-hydrogen) atoms. The third kappa shape index (κ3) is 4.54. The van der Waals surface area contributed by atoms with Gasteiger partial charge in [0, 0.05) is 32.2 Å². The van der Waals surface area contributed by atoms with Crippen molar-refractivity contribution in [1.29, 1.82) is 0 Å². The zero-order valence-electron chi connectivity index (χ0n) is 21.9. The van der Waals surface area contributed by atoms with E-state index < -0.39 is 23.3 Å². The fourth-order valence-corrected chi connectivity index (χ4v) is 5.47. The van der Waals surface area contributed by atoms with Crippen LogP contribution in [0.15, 0.2) is 48.5 Å². The van der Waals surface area contributed by atoms with Crippen LogP contribution in [0.1, 0.15) is 30.9 Å². The van der Waals surface area contributed by atoms with Crippen LogP contribution >= 0.6 is 0 Å². The maximum absolute atomic E-state index is 14.2. The lowest BCUT2D eigenvalue weighted by Crippen LogP contribution is -2.63. The van der Waals surface area contributed by atoms with Crippen LogP contribution in [-0.2, 0) is 30.3 Å². The maximum Gasteiger partial charge on any atom is 0.311 e. The van der Waals surface area contributed by atoms with E-state index in [0.717, 1.165) is 11.1 Å². The lowest BCUT2D eigenvalue weighted by atomic mass is 9.72. The molecule has 0 saturated carbocycles.